The van der Waals surface area contributed by atoms with Gasteiger partial charge < -0.3 is 10.1 Å². The molecule has 1 aromatic heterocycles. The van der Waals surface area contributed by atoms with Gasteiger partial charge >= 0.3 is 0 Å². The lowest BCUT2D eigenvalue weighted by Crippen LogP contribution is -2.35. The topological polar surface area (TPSA) is 47.0 Å². The maximum atomic E-state index is 13.5. The largest absolute Gasteiger partial charge is 0.472 e. The van der Waals surface area contributed by atoms with Gasteiger partial charge in [0.2, 0.25) is 5.88 Å². The normalized spacial score (nSPS) is 11.4. The lowest BCUT2D eigenvalue weighted by atomic mass is 10.1. The van der Waals surface area contributed by atoms with Crippen molar-refractivity contribution in [2.24, 2.45) is 0 Å². The van der Waals surface area contributed by atoms with E-state index in [0.29, 0.717) is 18.0 Å². The first kappa shape index (κ1) is 15.4. The van der Waals surface area contributed by atoms with E-state index in [9.17, 15) is 4.39 Å². The van der Waals surface area contributed by atoms with Crippen molar-refractivity contribution >= 4 is 0 Å². The summed E-state index contributed by atoms with van der Waals surface area (Å²) in [5.74, 6) is 0.113. The highest BCUT2D eigenvalue weighted by Gasteiger charge is 2.10. The summed E-state index contributed by atoms with van der Waals surface area (Å²) in [5, 5.41) is 3.33. The Morgan fingerprint density at radius 2 is 1.95 bits per heavy atom. The van der Waals surface area contributed by atoms with Crippen LogP contribution in [0.15, 0.2) is 36.7 Å². The summed E-state index contributed by atoms with van der Waals surface area (Å²) in [7, 11) is 0. The molecular formula is C16H20FN3O. The first-order valence-electron chi connectivity index (χ1n) is 6.86. The van der Waals surface area contributed by atoms with Crippen molar-refractivity contribution in [3.63, 3.8) is 0 Å². The van der Waals surface area contributed by atoms with Gasteiger partial charge in [0.25, 0.3) is 0 Å². The maximum absolute atomic E-state index is 13.5. The average molecular weight is 289 g/mol. The van der Waals surface area contributed by atoms with Crippen molar-refractivity contribution in [1.82, 2.24) is 15.3 Å². The van der Waals surface area contributed by atoms with E-state index in [1.165, 1.54) is 12.3 Å². The fourth-order valence-corrected chi connectivity index (χ4v) is 1.66. The van der Waals surface area contributed by atoms with Crippen LogP contribution in [0.3, 0.4) is 0 Å². The third-order valence-corrected chi connectivity index (χ3v) is 2.80. The van der Waals surface area contributed by atoms with Gasteiger partial charge in [-0.2, -0.15) is 0 Å². The van der Waals surface area contributed by atoms with E-state index in [4.69, 9.17) is 4.74 Å². The van der Waals surface area contributed by atoms with Crippen molar-refractivity contribution in [3.8, 4) is 5.88 Å². The van der Waals surface area contributed by atoms with Crippen LogP contribution in [0.4, 0.5) is 4.39 Å². The molecule has 4 nitrogen and oxygen atoms in total. The van der Waals surface area contributed by atoms with Crippen LogP contribution in [-0.4, -0.2) is 15.5 Å². The van der Waals surface area contributed by atoms with Crippen LogP contribution in [-0.2, 0) is 13.2 Å². The van der Waals surface area contributed by atoms with Crippen LogP contribution in [0.5, 0.6) is 5.88 Å². The summed E-state index contributed by atoms with van der Waals surface area (Å²) in [4.78, 5) is 8.45. The fourth-order valence-electron chi connectivity index (χ4n) is 1.66. The van der Waals surface area contributed by atoms with E-state index in [2.05, 4.69) is 36.1 Å². The second kappa shape index (κ2) is 6.63. The smallest absolute Gasteiger partial charge is 0.232 e. The minimum absolute atomic E-state index is 0.00566. The Bertz CT molecular complexity index is 596. The van der Waals surface area contributed by atoms with E-state index < -0.39 is 0 Å². The minimum Gasteiger partial charge on any atom is -0.472 e. The summed E-state index contributed by atoms with van der Waals surface area (Å²) >= 11 is 0. The summed E-state index contributed by atoms with van der Waals surface area (Å²) < 4.78 is 19.0. The first-order chi connectivity index (χ1) is 9.94. The lowest BCUT2D eigenvalue weighted by molar-refractivity contribution is 0.285. The molecule has 1 aromatic carbocycles. The summed E-state index contributed by atoms with van der Waals surface area (Å²) in [6.07, 6.45) is 3.22. The predicted molar refractivity (Wildman–Crippen MR) is 79.4 cm³/mol. The highest BCUT2D eigenvalue weighted by atomic mass is 19.1. The molecule has 0 atom stereocenters. The van der Waals surface area contributed by atoms with E-state index in [1.807, 2.05) is 0 Å². The highest BCUT2D eigenvalue weighted by Crippen LogP contribution is 2.12. The van der Waals surface area contributed by atoms with Crippen molar-refractivity contribution in [3.05, 3.63) is 53.7 Å². The van der Waals surface area contributed by atoms with Gasteiger partial charge in [-0.05, 0) is 26.8 Å². The Kier molecular flexibility index (Phi) is 4.85. The number of nitrogens with zero attached hydrogens (tertiary/aromatic N) is 2. The molecule has 5 heteroatoms. The molecule has 1 N–H and O–H groups in total. The van der Waals surface area contributed by atoms with Crippen molar-refractivity contribution in [2.45, 2.75) is 39.5 Å². The zero-order valence-electron chi connectivity index (χ0n) is 12.6. The van der Waals surface area contributed by atoms with Crippen LogP contribution in [0.25, 0.3) is 0 Å². The third kappa shape index (κ3) is 5.11. The molecule has 0 radical (unpaired) electrons. The van der Waals surface area contributed by atoms with Gasteiger partial charge in [-0.25, -0.2) is 9.37 Å². The summed E-state index contributed by atoms with van der Waals surface area (Å²) in [6, 6.07) is 6.52. The Morgan fingerprint density at radius 1 is 1.19 bits per heavy atom. The number of benzene rings is 1. The Balaban J connectivity index is 1.96. The number of halogens is 1. The molecule has 0 saturated carbocycles. The summed E-state index contributed by atoms with van der Waals surface area (Å²) in [6.45, 7) is 6.99. The molecule has 0 aliphatic carbocycles. The number of rotatable bonds is 5. The van der Waals surface area contributed by atoms with Gasteiger partial charge in [0.15, 0.2) is 0 Å². The van der Waals surface area contributed by atoms with Gasteiger partial charge in [-0.15, -0.1) is 0 Å². The Labute approximate surface area is 124 Å². The van der Waals surface area contributed by atoms with E-state index in [0.717, 1.165) is 5.69 Å². The number of nitrogens with one attached hydrogen (secondary N) is 1. The summed E-state index contributed by atoms with van der Waals surface area (Å²) in [5.41, 5.74) is 1.29. The van der Waals surface area contributed by atoms with Crippen LogP contribution < -0.4 is 10.1 Å². The van der Waals surface area contributed by atoms with E-state index in [-0.39, 0.29) is 18.0 Å². The highest BCUT2D eigenvalue weighted by molar-refractivity contribution is 5.17. The van der Waals surface area contributed by atoms with Crippen LogP contribution in [0.1, 0.15) is 32.0 Å². The predicted octanol–water partition coefficient (Wildman–Crippen LogP) is 3.08. The first-order valence-corrected chi connectivity index (χ1v) is 6.86. The number of hydrogen-bond donors (Lipinski definition) is 1. The molecule has 0 spiro atoms. The van der Waals surface area contributed by atoms with Gasteiger partial charge in [0.1, 0.15) is 12.4 Å². The zero-order chi connectivity index (χ0) is 15.3. The molecule has 0 amide bonds. The molecule has 0 saturated heterocycles. The van der Waals surface area contributed by atoms with Crippen LogP contribution in [0, 0.1) is 5.82 Å². The SMILES string of the molecule is CC(C)(C)NCc1cncc(OCc2ccccc2F)n1. The Hall–Kier alpha value is -2.01. The molecule has 0 unspecified atom stereocenters. The molecule has 0 fully saturated rings. The second-order valence-electron chi connectivity index (χ2n) is 5.83. The zero-order valence-corrected chi connectivity index (χ0v) is 12.6. The van der Waals surface area contributed by atoms with E-state index in [1.54, 1.807) is 24.4 Å². The van der Waals surface area contributed by atoms with Crippen molar-refractivity contribution in [1.29, 1.82) is 0 Å². The minimum atomic E-state index is -0.281. The van der Waals surface area contributed by atoms with Crippen molar-refractivity contribution < 1.29 is 9.13 Å². The molecule has 2 aromatic rings. The van der Waals surface area contributed by atoms with Crippen molar-refractivity contribution in [2.75, 3.05) is 0 Å². The molecule has 112 valence electrons. The molecule has 0 aliphatic heterocycles. The van der Waals surface area contributed by atoms with Gasteiger partial charge in [-0.1, -0.05) is 18.2 Å². The van der Waals surface area contributed by atoms with Gasteiger partial charge in [0.05, 0.1) is 11.9 Å². The molecular weight excluding hydrogens is 269 g/mol. The fraction of sp³-hybridized carbons (Fsp3) is 0.375. The van der Waals surface area contributed by atoms with Crippen LogP contribution >= 0.6 is 0 Å². The lowest BCUT2D eigenvalue weighted by Gasteiger charge is -2.20. The van der Waals surface area contributed by atoms with Crippen LogP contribution in [0.2, 0.25) is 0 Å². The molecule has 0 aliphatic rings. The Morgan fingerprint density at radius 3 is 2.67 bits per heavy atom. The number of ether oxygens (including phenoxy) is 1. The molecule has 0 bridgehead atoms. The number of hydrogen-bond acceptors (Lipinski definition) is 4. The third-order valence-electron chi connectivity index (χ3n) is 2.80. The van der Waals surface area contributed by atoms with Gasteiger partial charge in [0, 0.05) is 23.8 Å². The van der Waals surface area contributed by atoms with Gasteiger partial charge in [-0.3, -0.25) is 4.98 Å². The standard InChI is InChI=1S/C16H20FN3O/c1-16(2,3)19-9-13-8-18-10-15(20-13)21-11-12-6-4-5-7-14(12)17/h4-8,10,19H,9,11H2,1-3H3. The molecule has 2 rings (SSSR count). The number of aromatic nitrogens is 2. The molecule has 21 heavy (non-hydrogen) atoms. The maximum Gasteiger partial charge on any atom is 0.232 e. The average Bonchev–Trinajstić information content (AvgIpc) is 2.44. The quantitative estimate of drug-likeness (QED) is 0.919. The second-order valence-corrected chi connectivity index (χ2v) is 5.83. The monoisotopic (exact) mass is 289 g/mol. The van der Waals surface area contributed by atoms with E-state index >= 15 is 0 Å². The molecule has 1 heterocycles.